The maximum atomic E-state index is 13.0. The van der Waals surface area contributed by atoms with E-state index in [1.807, 2.05) is 42.5 Å². The van der Waals surface area contributed by atoms with Crippen molar-refractivity contribution < 1.29 is 9.59 Å². The summed E-state index contributed by atoms with van der Waals surface area (Å²) in [6, 6.07) is 15.2. The second-order valence-corrected chi connectivity index (χ2v) is 9.37. The summed E-state index contributed by atoms with van der Waals surface area (Å²) in [5, 5.41) is 9.38. The van der Waals surface area contributed by atoms with Crippen molar-refractivity contribution in [3.8, 4) is 0 Å². The van der Waals surface area contributed by atoms with Gasteiger partial charge in [0.1, 0.15) is 5.84 Å². The zero-order valence-electron chi connectivity index (χ0n) is 22.1. The molecule has 0 atom stereocenters. The van der Waals surface area contributed by atoms with Crippen LogP contribution in [0.25, 0.3) is 0 Å². The largest absolute Gasteiger partial charge is 0.356 e. The van der Waals surface area contributed by atoms with Crippen LogP contribution in [-0.4, -0.2) is 30.1 Å². The van der Waals surface area contributed by atoms with E-state index in [2.05, 4.69) is 61.3 Å². The summed E-state index contributed by atoms with van der Waals surface area (Å²) in [6.07, 6.45) is 6.83. The fourth-order valence-corrected chi connectivity index (χ4v) is 3.29. The van der Waals surface area contributed by atoms with Crippen LogP contribution in [0.1, 0.15) is 57.0 Å². The lowest BCUT2D eigenvalue weighted by Crippen LogP contribution is -2.25. The molecule has 0 radical (unpaired) electrons. The van der Waals surface area contributed by atoms with Crippen LogP contribution in [0.5, 0.6) is 0 Å². The highest BCUT2D eigenvalue weighted by Crippen LogP contribution is 2.23. The second kappa shape index (κ2) is 13.1. The maximum Gasteiger partial charge on any atom is 0.256 e. The van der Waals surface area contributed by atoms with E-state index in [1.165, 1.54) is 11.1 Å². The number of rotatable bonds is 10. The van der Waals surface area contributed by atoms with E-state index in [9.17, 15) is 9.59 Å². The zero-order valence-corrected chi connectivity index (χ0v) is 22.1. The number of amidine groups is 1. The third-order valence-corrected chi connectivity index (χ3v) is 5.13. The van der Waals surface area contributed by atoms with Crippen LogP contribution in [0.4, 0.5) is 11.4 Å². The quantitative estimate of drug-likeness (QED) is 0.165. The van der Waals surface area contributed by atoms with E-state index < -0.39 is 0 Å². The smallest absolute Gasteiger partial charge is 0.256 e. The predicted octanol–water partition coefficient (Wildman–Crippen LogP) is 6.02. The van der Waals surface area contributed by atoms with Gasteiger partial charge in [-0.2, -0.15) is 0 Å². The topological polar surface area (TPSA) is 85.8 Å². The molecule has 36 heavy (non-hydrogen) atoms. The van der Waals surface area contributed by atoms with Gasteiger partial charge in [0.05, 0.1) is 0 Å². The lowest BCUT2D eigenvalue weighted by molar-refractivity contribution is -0.115. The van der Waals surface area contributed by atoms with Gasteiger partial charge in [0, 0.05) is 35.9 Å². The molecule has 0 aliphatic heterocycles. The Morgan fingerprint density at radius 1 is 1.08 bits per heavy atom. The molecule has 2 aromatic rings. The summed E-state index contributed by atoms with van der Waals surface area (Å²) >= 11 is 0. The number of hydrogen-bond donors (Lipinski definition) is 3. The summed E-state index contributed by atoms with van der Waals surface area (Å²) in [5.41, 5.74) is 4.12. The van der Waals surface area contributed by atoms with Crippen LogP contribution < -0.4 is 16.0 Å². The average molecular weight is 488 g/mol. The molecule has 2 rings (SSSR count). The Hall–Kier alpha value is -4.13. The van der Waals surface area contributed by atoms with Crippen molar-refractivity contribution in [2.45, 2.75) is 46.5 Å². The number of nitrogens with zero attached hydrogens (tertiary/aromatic N) is 2. The Morgan fingerprint density at radius 3 is 2.36 bits per heavy atom. The molecule has 3 N–H and O–H groups in total. The minimum absolute atomic E-state index is 0.0898. The van der Waals surface area contributed by atoms with Gasteiger partial charge in [0.25, 0.3) is 5.91 Å². The molecule has 0 bridgehead atoms. The second-order valence-electron chi connectivity index (χ2n) is 9.37. The number of aliphatic imine (C=N–C) groups is 1. The van der Waals surface area contributed by atoms with E-state index >= 15 is 0 Å². The molecule has 0 unspecified atom stereocenters. The van der Waals surface area contributed by atoms with Gasteiger partial charge in [-0.05, 0) is 60.7 Å². The molecule has 0 aliphatic carbocycles. The third-order valence-electron chi connectivity index (χ3n) is 5.13. The highest BCUT2D eigenvalue weighted by Gasteiger charge is 2.16. The molecular formula is C29H37N5O2. The fraction of sp³-hybridized carbons (Fsp3) is 0.276. The normalized spacial score (nSPS) is 12.6. The average Bonchev–Trinajstić information content (AvgIpc) is 2.83. The van der Waals surface area contributed by atoms with Crippen LogP contribution in [0.2, 0.25) is 0 Å². The van der Waals surface area contributed by atoms with E-state index in [0.29, 0.717) is 17.8 Å². The Balaban J connectivity index is 2.25. The molecule has 0 saturated carbocycles. The molecule has 7 nitrogen and oxygen atoms in total. The van der Waals surface area contributed by atoms with Gasteiger partial charge < -0.3 is 20.9 Å². The van der Waals surface area contributed by atoms with Crippen LogP contribution >= 0.6 is 0 Å². The number of carbonyl (C=O) groups excluding carboxylic acids is 2. The van der Waals surface area contributed by atoms with Crippen molar-refractivity contribution in [3.63, 3.8) is 0 Å². The van der Waals surface area contributed by atoms with E-state index in [1.54, 1.807) is 26.1 Å². The van der Waals surface area contributed by atoms with Gasteiger partial charge in [0.2, 0.25) is 6.41 Å². The summed E-state index contributed by atoms with van der Waals surface area (Å²) in [5.74, 6) is 0.457. The molecule has 0 aliphatic rings. The molecule has 0 aromatic heterocycles. The first-order valence-electron chi connectivity index (χ1n) is 11.9. The van der Waals surface area contributed by atoms with E-state index in [0.717, 1.165) is 29.1 Å². The first-order chi connectivity index (χ1) is 17.0. The standard InChI is InChI=1S/C29H37N5O2/c1-8-12-24(9-2)32-26-16-11-15-25(18-26)30-21(3)31-27(19-34(7)20-35)33-28(36)22-13-10-14-23(17-22)29(4,5)6/h9-20,32H,2,8H2,1,3-7H3,(H,30,31)(H,33,36)/b24-12-,27-19+. The number of benzene rings is 2. The maximum absolute atomic E-state index is 13.0. The van der Waals surface area contributed by atoms with E-state index in [4.69, 9.17) is 0 Å². The van der Waals surface area contributed by atoms with E-state index in [-0.39, 0.29) is 17.1 Å². The highest BCUT2D eigenvalue weighted by molar-refractivity contribution is 5.97. The van der Waals surface area contributed by atoms with Crippen LogP contribution in [-0.2, 0) is 10.2 Å². The zero-order chi connectivity index (χ0) is 26.7. The Kier molecular flexibility index (Phi) is 10.2. The first kappa shape index (κ1) is 28.1. The van der Waals surface area contributed by atoms with Crippen molar-refractivity contribution in [2.75, 3.05) is 17.7 Å². The third kappa shape index (κ3) is 8.91. The summed E-state index contributed by atoms with van der Waals surface area (Å²) in [6.45, 7) is 14.0. The number of nitrogens with one attached hydrogen (secondary N) is 3. The highest BCUT2D eigenvalue weighted by atomic mass is 16.2. The number of amides is 2. The lowest BCUT2D eigenvalue weighted by Gasteiger charge is -2.19. The van der Waals surface area contributed by atoms with Gasteiger partial charge in [0.15, 0.2) is 5.82 Å². The van der Waals surface area contributed by atoms with Gasteiger partial charge in [-0.15, -0.1) is 0 Å². The number of hydrogen-bond acceptors (Lipinski definition) is 4. The molecule has 0 saturated heterocycles. The monoisotopic (exact) mass is 487 g/mol. The molecule has 7 heteroatoms. The van der Waals surface area contributed by atoms with Gasteiger partial charge in [-0.3, -0.25) is 9.59 Å². The predicted molar refractivity (Wildman–Crippen MR) is 150 cm³/mol. The molecule has 0 heterocycles. The van der Waals surface area contributed by atoms with Crippen molar-refractivity contribution in [3.05, 3.63) is 96.1 Å². The summed E-state index contributed by atoms with van der Waals surface area (Å²) in [4.78, 5) is 30.0. The van der Waals surface area contributed by atoms with Crippen molar-refractivity contribution in [1.82, 2.24) is 10.2 Å². The number of anilines is 2. The van der Waals surface area contributed by atoms with Crippen molar-refractivity contribution in [2.24, 2.45) is 4.99 Å². The SMILES string of the molecule is C=C/C(=C/CC)Nc1cccc(N/C(C)=N/C(=C\N(C)C=O)NC(=O)c2cccc(C(C)(C)C)c2)c1. The summed E-state index contributed by atoms with van der Waals surface area (Å²) < 4.78 is 0. The number of allylic oxidation sites excluding steroid dienone is 2. The molecule has 190 valence electrons. The molecule has 0 fully saturated rings. The fourth-order valence-electron chi connectivity index (χ4n) is 3.29. The Morgan fingerprint density at radius 2 is 1.75 bits per heavy atom. The summed E-state index contributed by atoms with van der Waals surface area (Å²) in [7, 11) is 1.58. The first-order valence-corrected chi connectivity index (χ1v) is 11.9. The van der Waals surface area contributed by atoms with Crippen LogP contribution in [0.3, 0.4) is 0 Å². The molecule has 2 amide bonds. The van der Waals surface area contributed by atoms with Crippen molar-refractivity contribution >= 4 is 29.5 Å². The van der Waals surface area contributed by atoms with Gasteiger partial charge in [-0.1, -0.05) is 58.5 Å². The minimum atomic E-state index is -0.311. The lowest BCUT2D eigenvalue weighted by atomic mass is 9.86. The minimum Gasteiger partial charge on any atom is -0.356 e. The van der Waals surface area contributed by atoms with Crippen LogP contribution in [0.15, 0.2) is 90.0 Å². The molecule has 0 spiro atoms. The molecular weight excluding hydrogens is 450 g/mol. The molecule has 2 aromatic carbocycles. The van der Waals surface area contributed by atoms with Gasteiger partial charge in [-0.25, -0.2) is 4.99 Å². The Labute approximate surface area is 214 Å². The van der Waals surface area contributed by atoms with Gasteiger partial charge >= 0.3 is 0 Å². The van der Waals surface area contributed by atoms with Crippen molar-refractivity contribution in [1.29, 1.82) is 0 Å². The number of carbonyl (C=O) groups is 2. The Bertz CT molecular complexity index is 1170. The van der Waals surface area contributed by atoms with Crippen LogP contribution in [0, 0.1) is 0 Å².